The van der Waals surface area contributed by atoms with Gasteiger partial charge >= 0.3 is 0 Å². The molecule has 0 bridgehead atoms. The zero-order chi connectivity index (χ0) is 10.4. The zero-order valence-electron chi connectivity index (χ0n) is 9.84. The second kappa shape index (κ2) is 6.41. The van der Waals surface area contributed by atoms with Gasteiger partial charge in [0.05, 0.1) is 0 Å². The first kappa shape index (κ1) is 12.0. The lowest BCUT2D eigenvalue weighted by Gasteiger charge is -2.41. The third-order valence-corrected chi connectivity index (χ3v) is 3.08. The van der Waals surface area contributed by atoms with Gasteiger partial charge in [0.15, 0.2) is 0 Å². The van der Waals surface area contributed by atoms with Gasteiger partial charge in [-0.15, -0.1) is 0 Å². The largest absolute Gasteiger partial charge is 0.327 e. The highest BCUT2D eigenvalue weighted by Crippen LogP contribution is 2.26. The van der Waals surface area contributed by atoms with Crippen molar-refractivity contribution in [2.75, 3.05) is 13.1 Å². The van der Waals surface area contributed by atoms with E-state index in [0.29, 0.717) is 6.04 Å². The standard InChI is InChI=1S/C9H18N2.C3H8/c10-8-3-2-6-11(7-8)9-4-1-5-9;1-3-2/h8-9H,1-7,10H2;3H2,1-2H3. The van der Waals surface area contributed by atoms with Gasteiger partial charge in [0, 0.05) is 18.6 Å². The number of piperidine rings is 1. The number of nitrogens with zero attached hydrogens (tertiary/aromatic N) is 1. The Labute approximate surface area is 88.8 Å². The van der Waals surface area contributed by atoms with Crippen LogP contribution in [0, 0.1) is 0 Å². The third-order valence-electron chi connectivity index (χ3n) is 3.08. The average molecular weight is 198 g/mol. The highest BCUT2D eigenvalue weighted by Gasteiger charge is 2.27. The van der Waals surface area contributed by atoms with Crippen LogP contribution in [0.3, 0.4) is 0 Å². The summed E-state index contributed by atoms with van der Waals surface area (Å²) in [4.78, 5) is 2.59. The molecule has 0 aromatic heterocycles. The van der Waals surface area contributed by atoms with Crippen LogP contribution in [-0.2, 0) is 0 Å². The molecule has 1 aliphatic carbocycles. The summed E-state index contributed by atoms with van der Waals surface area (Å²) in [5.41, 5.74) is 5.90. The minimum Gasteiger partial charge on any atom is -0.327 e. The van der Waals surface area contributed by atoms with E-state index in [1.165, 1.54) is 45.1 Å². The van der Waals surface area contributed by atoms with Gasteiger partial charge in [-0.1, -0.05) is 26.7 Å². The SMILES string of the molecule is CCC.NC1CCCN(C2CCC2)C1. The van der Waals surface area contributed by atoms with E-state index in [9.17, 15) is 0 Å². The van der Waals surface area contributed by atoms with Gasteiger partial charge in [0.2, 0.25) is 0 Å². The van der Waals surface area contributed by atoms with Crippen LogP contribution in [0.5, 0.6) is 0 Å². The lowest BCUT2D eigenvalue weighted by Crippen LogP contribution is -2.49. The van der Waals surface area contributed by atoms with Gasteiger partial charge in [-0.3, -0.25) is 4.90 Å². The molecule has 1 aliphatic heterocycles. The molecule has 1 atom stereocenters. The van der Waals surface area contributed by atoms with E-state index in [0.717, 1.165) is 12.6 Å². The van der Waals surface area contributed by atoms with E-state index in [-0.39, 0.29) is 0 Å². The highest BCUT2D eigenvalue weighted by atomic mass is 15.2. The van der Waals surface area contributed by atoms with Crippen molar-refractivity contribution >= 4 is 0 Å². The lowest BCUT2D eigenvalue weighted by molar-refractivity contribution is 0.0956. The van der Waals surface area contributed by atoms with Crippen LogP contribution in [0.2, 0.25) is 0 Å². The summed E-state index contributed by atoms with van der Waals surface area (Å²) in [5, 5.41) is 0. The lowest BCUT2D eigenvalue weighted by atomic mass is 9.89. The van der Waals surface area contributed by atoms with Crippen molar-refractivity contribution in [3.63, 3.8) is 0 Å². The quantitative estimate of drug-likeness (QED) is 0.701. The third kappa shape index (κ3) is 3.58. The number of hydrogen-bond acceptors (Lipinski definition) is 2. The van der Waals surface area contributed by atoms with Crippen molar-refractivity contribution in [2.24, 2.45) is 5.73 Å². The molecule has 1 unspecified atom stereocenters. The molecule has 1 saturated heterocycles. The molecular formula is C12H26N2. The maximum atomic E-state index is 5.90. The number of likely N-dealkylation sites (tertiary alicyclic amines) is 1. The Bertz CT molecular complexity index is 143. The van der Waals surface area contributed by atoms with Crippen LogP contribution >= 0.6 is 0 Å². The van der Waals surface area contributed by atoms with E-state index < -0.39 is 0 Å². The van der Waals surface area contributed by atoms with Crippen molar-refractivity contribution in [3.05, 3.63) is 0 Å². The van der Waals surface area contributed by atoms with Crippen molar-refractivity contribution in [2.45, 2.75) is 64.5 Å². The average Bonchev–Trinajstić information content (AvgIpc) is 2.02. The first-order valence-electron chi connectivity index (χ1n) is 6.27. The summed E-state index contributed by atoms with van der Waals surface area (Å²) in [7, 11) is 0. The first-order chi connectivity index (χ1) is 6.77. The first-order valence-corrected chi connectivity index (χ1v) is 6.27. The topological polar surface area (TPSA) is 29.3 Å². The van der Waals surface area contributed by atoms with Crippen LogP contribution in [0.15, 0.2) is 0 Å². The summed E-state index contributed by atoms with van der Waals surface area (Å²) in [6.45, 7) is 6.71. The monoisotopic (exact) mass is 198 g/mol. The molecule has 2 aliphatic rings. The number of rotatable bonds is 1. The van der Waals surface area contributed by atoms with E-state index in [2.05, 4.69) is 18.7 Å². The minimum atomic E-state index is 0.462. The fourth-order valence-corrected chi connectivity index (χ4v) is 2.12. The van der Waals surface area contributed by atoms with Crippen molar-refractivity contribution in [1.82, 2.24) is 4.90 Å². The molecule has 84 valence electrons. The molecule has 2 heteroatoms. The summed E-state index contributed by atoms with van der Waals surface area (Å²) in [5.74, 6) is 0. The van der Waals surface area contributed by atoms with Gasteiger partial charge in [-0.25, -0.2) is 0 Å². The maximum Gasteiger partial charge on any atom is 0.0168 e. The molecule has 0 aromatic carbocycles. The number of nitrogens with two attached hydrogens (primary N) is 1. The van der Waals surface area contributed by atoms with Crippen LogP contribution in [0.4, 0.5) is 0 Å². The molecule has 2 rings (SSSR count). The molecule has 0 spiro atoms. The molecule has 0 radical (unpaired) electrons. The molecule has 1 saturated carbocycles. The molecule has 14 heavy (non-hydrogen) atoms. The molecule has 0 amide bonds. The smallest absolute Gasteiger partial charge is 0.0168 e. The Morgan fingerprint density at radius 1 is 1.14 bits per heavy atom. The van der Waals surface area contributed by atoms with E-state index in [1.807, 2.05) is 0 Å². The molecule has 0 aromatic rings. The summed E-state index contributed by atoms with van der Waals surface area (Å²) in [6.07, 6.45) is 8.09. The minimum absolute atomic E-state index is 0.462. The fourth-order valence-electron chi connectivity index (χ4n) is 2.12. The normalized spacial score (nSPS) is 28.9. The second-order valence-electron chi connectivity index (χ2n) is 4.69. The van der Waals surface area contributed by atoms with Gasteiger partial charge in [0.25, 0.3) is 0 Å². The van der Waals surface area contributed by atoms with Crippen molar-refractivity contribution in [1.29, 1.82) is 0 Å². The predicted molar refractivity (Wildman–Crippen MR) is 62.4 cm³/mol. The van der Waals surface area contributed by atoms with E-state index in [4.69, 9.17) is 5.73 Å². The molecular weight excluding hydrogens is 172 g/mol. The Balaban J connectivity index is 0.000000293. The van der Waals surface area contributed by atoms with Crippen LogP contribution in [0.1, 0.15) is 52.4 Å². The van der Waals surface area contributed by atoms with Gasteiger partial charge in [-0.2, -0.15) is 0 Å². The molecule has 2 fully saturated rings. The molecule has 2 N–H and O–H groups in total. The second-order valence-corrected chi connectivity index (χ2v) is 4.69. The Morgan fingerprint density at radius 2 is 1.79 bits per heavy atom. The predicted octanol–water partition coefficient (Wildman–Crippen LogP) is 2.38. The van der Waals surface area contributed by atoms with E-state index in [1.54, 1.807) is 0 Å². The van der Waals surface area contributed by atoms with Crippen LogP contribution in [-0.4, -0.2) is 30.1 Å². The maximum absolute atomic E-state index is 5.90. The van der Waals surface area contributed by atoms with Crippen LogP contribution in [0.25, 0.3) is 0 Å². The van der Waals surface area contributed by atoms with Gasteiger partial charge in [0.1, 0.15) is 0 Å². The van der Waals surface area contributed by atoms with E-state index >= 15 is 0 Å². The van der Waals surface area contributed by atoms with Crippen molar-refractivity contribution in [3.8, 4) is 0 Å². The molecule has 1 heterocycles. The number of hydrogen-bond donors (Lipinski definition) is 1. The van der Waals surface area contributed by atoms with Crippen LogP contribution < -0.4 is 5.73 Å². The zero-order valence-corrected chi connectivity index (χ0v) is 9.84. The highest BCUT2D eigenvalue weighted by molar-refractivity contribution is 4.85. The van der Waals surface area contributed by atoms with Crippen molar-refractivity contribution < 1.29 is 0 Å². The van der Waals surface area contributed by atoms with Gasteiger partial charge < -0.3 is 5.73 Å². The Kier molecular flexibility index (Phi) is 5.49. The molecule has 2 nitrogen and oxygen atoms in total. The van der Waals surface area contributed by atoms with Gasteiger partial charge in [-0.05, 0) is 32.2 Å². The fraction of sp³-hybridized carbons (Fsp3) is 1.00. The Hall–Kier alpha value is -0.0800. The summed E-state index contributed by atoms with van der Waals surface area (Å²) < 4.78 is 0. The summed E-state index contributed by atoms with van der Waals surface area (Å²) >= 11 is 0. The summed E-state index contributed by atoms with van der Waals surface area (Å²) in [6, 6.07) is 1.37. The Morgan fingerprint density at radius 3 is 2.21 bits per heavy atom.